The van der Waals surface area contributed by atoms with Gasteiger partial charge in [-0.2, -0.15) is 0 Å². The fourth-order valence-corrected chi connectivity index (χ4v) is 3.01. The summed E-state index contributed by atoms with van der Waals surface area (Å²) in [6.07, 6.45) is 3.16. The zero-order chi connectivity index (χ0) is 21.3. The molecule has 0 bridgehead atoms. The van der Waals surface area contributed by atoms with Gasteiger partial charge in [0.05, 0.1) is 24.0 Å². The molecular formula is C21H20FN5O3. The molecule has 4 rings (SSSR count). The van der Waals surface area contributed by atoms with Crippen molar-refractivity contribution in [2.24, 2.45) is 0 Å². The maximum absolute atomic E-state index is 14.3. The number of fused-ring (bicyclic) bond motifs is 1. The standard InChI is InChI=1S/C21H20FN5O3/c1-11-4-14(22)16(6-17(11)28)27-21-13-5-18(29-3)19(7-15(13)24-10-25-21)30-9-20-23-8-12(2)26-20/h4-8,10,28H,9H2,1-3H3,(H,23,26)(H,24,25,27). The van der Waals surface area contributed by atoms with Crippen LogP contribution in [0.1, 0.15) is 17.1 Å². The van der Waals surface area contributed by atoms with E-state index in [0.717, 1.165) is 5.69 Å². The van der Waals surface area contributed by atoms with E-state index in [-0.39, 0.29) is 18.0 Å². The maximum Gasteiger partial charge on any atom is 0.164 e. The third kappa shape index (κ3) is 3.82. The van der Waals surface area contributed by atoms with Crippen LogP contribution in [0.3, 0.4) is 0 Å². The minimum absolute atomic E-state index is 0.0151. The van der Waals surface area contributed by atoms with Crippen molar-refractivity contribution in [2.45, 2.75) is 20.5 Å². The van der Waals surface area contributed by atoms with Crippen molar-refractivity contribution in [3.8, 4) is 17.2 Å². The molecule has 0 saturated heterocycles. The van der Waals surface area contributed by atoms with Crippen LogP contribution in [-0.4, -0.2) is 32.2 Å². The molecule has 4 aromatic rings. The number of H-pyrrole nitrogens is 1. The first-order chi connectivity index (χ1) is 14.4. The van der Waals surface area contributed by atoms with E-state index in [1.165, 1.54) is 25.6 Å². The van der Waals surface area contributed by atoms with E-state index in [9.17, 15) is 9.50 Å². The van der Waals surface area contributed by atoms with Gasteiger partial charge in [-0.3, -0.25) is 0 Å². The molecule has 8 nitrogen and oxygen atoms in total. The van der Waals surface area contributed by atoms with Gasteiger partial charge in [-0.05, 0) is 31.5 Å². The largest absolute Gasteiger partial charge is 0.508 e. The van der Waals surface area contributed by atoms with Crippen LogP contribution in [0.5, 0.6) is 17.2 Å². The monoisotopic (exact) mass is 409 g/mol. The van der Waals surface area contributed by atoms with Gasteiger partial charge < -0.3 is 24.9 Å². The van der Waals surface area contributed by atoms with E-state index in [1.54, 1.807) is 25.3 Å². The highest BCUT2D eigenvalue weighted by Gasteiger charge is 2.14. The summed E-state index contributed by atoms with van der Waals surface area (Å²) in [6, 6.07) is 6.01. The first-order valence-corrected chi connectivity index (χ1v) is 9.17. The van der Waals surface area contributed by atoms with Crippen molar-refractivity contribution in [2.75, 3.05) is 12.4 Å². The highest BCUT2D eigenvalue weighted by Crippen LogP contribution is 2.36. The Labute approximate surface area is 171 Å². The van der Waals surface area contributed by atoms with Crippen LogP contribution in [0.25, 0.3) is 10.9 Å². The number of ether oxygens (including phenoxy) is 2. The summed E-state index contributed by atoms with van der Waals surface area (Å²) in [5.74, 6) is 1.50. The number of halogens is 1. The number of phenolic OH excluding ortho intramolecular Hbond substituents is 1. The van der Waals surface area contributed by atoms with Crippen LogP contribution < -0.4 is 14.8 Å². The number of phenols is 1. The van der Waals surface area contributed by atoms with Gasteiger partial charge in [0.25, 0.3) is 0 Å². The van der Waals surface area contributed by atoms with Gasteiger partial charge in [0.2, 0.25) is 0 Å². The first-order valence-electron chi connectivity index (χ1n) is 9.17. The SMILES string of the molecule is COc1cc2c(Nc3cc(O)c(C)cc3F)ncnc2cc1OCc1nc(C)c[nH]1. The second-order valence-electron chi connectivity index (χ2n) is 6.76. The van der Waals surface area contributed by atoms with Crippen LogP contribution in [0, 0.1) is 19.7 Å². The lowest BCUT2D eigenvalue weighted by Crippen LogP contribution is -2.02. The number of hydrogen-bond acceptors (Lipinski definition) is 7. The van der Waals surface area contributed by atoms with Crippen molar-refractivity contribution in [1.29, 1.82) is 0 Å². The second kappa shape index (κ2) is 7.86. The van der Waals surface area contributed by atoms with Crippen molar-refractivity contribution in [1.82, 2.24) is 19.9 Å². The van der Waals surface area contributed by atoms with E-state index in [0.29, 0.717) is 39.6 Å². The normalized spacial score (nSPS) is 10.9. The smallest absolute Gasteiger partial charge is 0.164 e. The van der Waals surface area contributed by atoms with Crippen molar-refractivity contribution >= 4 is 22.4 Å². The number of nitrogens with zero attached hydrogens (tertiary/aromatic N) is 3. The number of benzene rings is 2. The number of aromatic hydroxyl groups is 1. The predicted octanol–water partition coefficient (Wildman–Crippen LogP) is 4.15. The van der Waals surface area contributed by atoms with Crippen LogP contribution in [0.4, 0.5) is 15.9 Å². The quantitative estimate of drug-likeness (QED) is 0.439. The molecule has 0 fully saturated rings. The molecule has 30 heavy (non-hydrogen) atoms. The predicted molar refractivity (Wildman–Crippen MR) is 110 cm³/mol. The lowest BCUT2D eigenvalue weighted by Gasteiger charge is -2.14. The summed E-state index contributed by atoms with van der Waals surface area (Å²) in [5, 5.41) is 13.4. The molecule has 0 amide bonds. The summed E-state index contributed by atoms with van der Waals surface area (Å²) in [5.41, 5.74) is 2.00. The first kappa shape index (κ1) is 19.4. The number of imidazole rings is 1. The number of methoxy groups -OCH3 is 1. The number of aryl methyl sites for hydroxylation is 2. The van der Waals surface area contributed by atoms with Gasteiger partial charge in [-0.25, -0.2) is 19.3 Å². The Morgan fingerprint density at radius 3 is 2.70 bits per heavy atom. The zero-order valence-electron chi connectivity index (χ0n) is 16.7. The molecule has 2 aromatic carbocycles. The van der Waals surface area contributed by atoms with Gasteiger partial charge in [0.1, 0.15) is 36.1 Å². The molecule has 0 radical (unpaired) electrons. The average Bonchev–Trinajstić information content (AvgIpc) is 3.15. The maximum atomic E-state index is 14.3. The van der Waals surface area contributed by atoms with E-state index < -0.39 is 5.82 Å². The Morgan fingerprint density at radius 1 is 1.13 bits per heavy atom. The summed E-state index contributed by atoms with van der Waals surface area (Å²) in [7, 11) is 1.53. The average molecular weight is 409 g/mol. The summed E-state index contributed by atoms with van der Waals surface area (Å²) < 4.78 is 25.6. The highest BCUT2D eigenvalue weighted by atomic mass is 19.1. The van der Waals surface area contributed by atoms with Crippen LogP contribution in [0.2, 0.25) is 0 Å². The molecule has 0 aliphatic rings. The van der Waals surface area contributed by atoms with Gasteiger partial charge in [-0.15, -0.1) is 0 Å². The fourth-order valence-electron chi connectivity index (χ4n) is 3.01. The van der Waals surface area contributed by atoms with Crippen LogP contribution in [-0.2, 0) is 6.61 Å². The van der Waals surface area contributed by atoms with Gasteiger partial charge >= 0.3 is 0 Å². The molecule has 0 aliphatic heterocycles. The molecule has 0 aliphatic carbocycles. The molecule has 154 valence electrons. The Bertz CT molecular complexity index is 1220. The Hall–Kier alpha value is -3.88. The van der Waals surface area contributed by atoms with E-state index >= 15 is 0 Å². The van der Waals surface area contributed by atoms with E-state index in [2.05, 4.69) is 25.3 Å². The minimum Gasteiger partial charge on any atom is -0.508 e. The molecule has 3 N–H and O–H groups in total. The molecule has 0 unspecified atom stereocenters. The Morgan fingerprint density at radius 2 is 1.97 bits per heavy atom. The Kier molecular flexibility index (Phi) is 5.09. The summed E-state index contributed by atoms with van der Waals surface area (Å²) in [6.45, 7) is 3.75. The Balaban J connectivity index is 1.68. The highest BCUT2D eigenvalue weighted by molar-refractivity contribution is 5.93. The number of hydrogen-bond donors (Lipinski definition) is 3. The topological polar surface area (TPSA) is 105 Å². The lowest BCUT2D eigenvalue weighted by atomic mass is 10.1. The van der Waals surface area contributed by atoms with Crippen LogP contribution >= 0.6 is 0 Å². The second-order valence-corrected chi connectivity index (χ2v) is 6.76. The molecule has 0 spiro atoms. The van der Waals surface area contributed by atoms with Crippen molar-refractivity contribution in [3.05, 3.63) is 59.7 Å². The molecule has 2 heterocycles. The van der Waals surface area contributed by atoms with Gasteiger partial charge in [0, 0.05) is 23.7 Å². The lowest BCUT2D eigenvalue weighted by molar-refractivity contribution is 0.278. The van der Waals surface area contributed by atoms with E-state index in [1.807, 2.05) is 6.92 Å². The molecule has 0 saturated carbocycles. The number of aromatic nitrogens is 4. The fraction of sp³-hybridized carbons (Fsp3) is 0.190. The van der Waals surface area contributed by atoms with Gasteiger partial charge in [-0.1, -0.05) is 0 Å². The molecule has 2 aromatic heterocycles. The van der Waals surface area contributed by atoms with Crippen molar-refractivity contribution in [3.63, 3.8) is 0 Å². The number of rotatable bonds is 6. The minimum atomic E-state index is -0.502. The van der Waals surface area contributed by atoms with Gasteiger partial charge in [0.15, 0.2) is 11.5 Å². The van der Waals surface area contributed by atoms with Crippen LogP contribution in [0.15, 0.2) is 36.8 Å². The number of nitrogens with one attached hydrogen (secondary N) is 2. The number of aromatic amines is 1. The van der Waals surface area contributed by atoms with Crippen molar-refractivity contribution < 1.29 is 19.0 Å². The third-order valence-electron chi connectivity index (χ3n) is 4.58. The number of anilines is 2. The van der Waals surface area contributed by atoms with E-state index in [4.69, 9.17) is 9.47 Å². The summed E-state index contributed by atoms with van der Waals surface area (Å²) >= 11 is 0. The molecular weight excluding hydrogens is 389 g/mol. The molecule has 9 heteroatoms. The summed E-state index contributed by atoms with van der Waals surface area (Å²) in [4.78, 5) is 15.8. The zero-order valence-corrected chi connectivity index (χ0v) is 16.7. The third-order valence-corrected chi connectivity index (χ3v) is 4.58. The molecule has 0 atom stereocenters.